The number of nitrogens with two attached hydrogens (primary N) is 1. The Morgan fingerprint density at radius 3 is 1.92 bits per heavy atom. The first-order valence-corrected chi connectivity index (χ1v) is 8.91. The van der Waals surface area contributed by atoms with Crippen LogP contribution in [-0.4, -0.2) is 29.9 Å². The van der Waals surface area contributed by atoms with Gasteiger partial charge >= 0.3 is 0 Å². The van der Waals surface area contributed by atoms with Gasteiger partial charge in [-0.2, -0.15) is 0 Å². The van der Waals surface area contributed by atoms with Crippen LogP contribution in [0.2, 0.25) is 0 Å². The molecule has 0 spiro atoms. The van der Waals surface area contributed by atoms with Gasteiger partial charge in [0, 0.05) is 12.0 Å². The van der Waals surface area contributed by atoms with E-state index in [1.165, 1.54) is 11.8 Å². The predicted molar refractivity (Wildman–Crippen MR) is 98.9 cm³/mol. The summed E-state index contributed by atoms with van der Waals surface area (Å²) in [4.78, 5) is 22.8. The number of nitrogens with one attached hydrogen (secondary N) is 1. The lowest BCUT2D eigenvalue weighted by atomic mass is 9.76. The van der Waals surface area contributed by atoms with E-state index in [1.807, 2.05) is 36.4 Å². The Kier molecular flexibility index (Phi) is 6.44. The van der Waals surface area contributed by atoms with Crippen molar-refractivity contribution in [1.29, 1.82) is 0 Å². The number of primary amides is 1. The number of hydrogen-bond acceptors (Lipinski definition) is 3. The van der Waals surface area contributed by atoms with Gasteiger partial charge < -0.3 is 11.1 Å². The molecular weight excluding hydrogens is 320 g/mol. The average Bonchev–Trinajstić information content (AvgIpc) is 2.61. The minimum Gasteiger partial charge on any atom is -0.369 e. The van der Waals surface area contributed by atoms with Crippen LogP contribution in [0.5, 0.6) is 0 Å². The molecule has 0 fully saturated rings. The van der Waals surface area contributed by atoms with Crippen molar-refractivity contribution in [3.63, 3.8) is 0 Å². The zero-order valence-electron chi connectivity index (χ0n) is 13.7. The van der Waals surface area contributed by atoms with E-state index in [0.29, 0.717) is 6.54 Å². The van der Waals surface area contributed by atoms with Crippen LogP contribution in [-0.2, 0) is 15.0 Å². The van der Waals surface area contributed by atoms with E-state index in [2.05, 4.69) is 36.5 Å². The summed E-state index contributed by atoms with van der Waals surface area (Å²) in [6.07, 6.45) is 0. The molecule has 0 saturated carbocycles. The molecule has 0 aliphatic heterocycles. The van der Waals surface area contributed by atoms with E-state index in [-0.39, 0.29) is 22.8 Å². The number of thioether (sulfide) groups is 1. The molecule has 4 nitrogen and oxygen atoms in total. The highest BCUT2D eigenvalue weighted by atomic mass is 32.2. The smallest absolute Gasteiger partial charge is 0.230 e. The molecule has 0 saturated heterocycles. The Morgan fingerprint density at radius 1 is 0.958 bits per heavy atom. The summed E-state index contributed by atoms with van der Waals surface area (Å²) in [6.45, 7) is 2.60. The third-order valence-corrected chi connectivity index (χ3v) is 4.89. The summed E-state index contributed by atoms with van der Waals surface area (Å²) in [5.41, 5.74) is 7.04. The van der Waals surface area contributed by atoms with Crippen LogP contribution >= 0.6 is 11.8 Å². The summed E-state index contributed by atoms with van der Waals surface area (Å²) < 4.78 is 0. The lowest BCUT2D eigenvalue weighted by Crippen LogP contribution is -2.40. The summed E-state index contributed by atoms with van der Waals surface area (Å²) in [5, 5.41) is 2.98. The molecule has 3 N–H and O–H groups in total. The highest BCUT2D eigenvalue weighted by Crippen LogP contribution is 2.31. The summed E-state index contributed by atoms with van der Waals surface area (Å²) in [7, 11) is 0. The van der Waals surface area contributed by atoms with E-state index in [9.17, 15) is 9.59 Å². The van der Waals surface area contributed by atoms with Crippen LogP contribution in [0, 0.1) is 0 Å². The summed E-state index contributed by atoms with van der Waals surface area (Å²) in [5.74, 6) is -0.129. The van der Waals surface area contributed by atoms with Gasteiger partial charge in [-0.3, -0.25) is 9.59 Å². The molecule has 5 heteroatoms. The molecule has 0 aliphatic rings. The molecule has 126 valence electrons. The highest BCUT2D eigenvalue weighted by molar-refractivity contribution is 8.00. The van der Waals surface area contributed by atoms with Crippen molar-refractivity contribution in [3.8, 4) is 0 Å². The first kappa shape index (κ1) is 18.1. The molecule has 0 heterocycles. The number of carbonyl (C=O) groups is 2. The second-order valence-electron chi connectivity index (χ2n) is 5.80. The molecule has 2 aromatic rings. The molecular formula is C19H22N2O2S. The number of hydrogen-bond donors (Lipinski definition) is 2. The maximum atomic E-state index is 12.0. The summed E-state index contributed by atoms with van der Waals surface area (Å²) >= 11 is 1.23. The van der Waals surface area contributed by atoms with E-state index >= 15 is 0 Å². The molecule has 0 radical (unpaired) electrons. The fraction of sp³-hybridized carbons (Fsp3) is 0.263. The van der Waals surface area contributed by atoms with Crippen molar-refractivity contribution in [2.24, 2.45) is 5.73 Å². The van der Waals surface area contributed by atoms with Crippen LogP contribution in [0.15, 0.2) is 60.7 Å². The first-order chi connectivity index (χ1) is 11.5. The largest absolute Gasteiger partial charge is 0.369 e. The molecule has 2 rings (SSSR count). The highest BCUT2D eigenvalue weighted by Gasteiger charge is 2.29. The van der Waals surface area contributed by atoms with Crippen molar-refractivity contribution >= 4 is 23.6 Å². The SMILES string of the molecule is CC(CNC(=O)CSCC(N)=O)(c1ccccc1)c1ccccc1. The Morgan fingerprint density at radius 2 is 1.46 bits per heavy atom. The Bertz CT molecular complexity index is 635. The Hall–Kier alpha value is -2.27. The van der Waals surface area contributed by atoms with Gasteiger partial charge in [-0.05, 0) is 18.1 Å². The van der Waals surface area contributed by atoms with E-state index in [4.69, 9.17) is 5.73 Å². The summed E-state index contributed by atoms with van der Waals surface area (Å²) in [6, 6.07) is 20.2. The van der Waals surface area contributed by atoms with E-state index < -0.39 is 5.91 Å². The monoisotopic (exact) mass is 342 g/mol. The zero-order valence-corrected chi connectivity index (χ0v) is 14.5. The van der Waals surface area contributed by atoms with Crippen LogP contribution in [0.25, 0.3) is 0 Å². The first-order valence-electron chi connectivity index (χ1n) is 7.76. The van der Waals surface area contributed by atoms with Gasteiger partial charge in [0.25, 0.3) is 0 Å². The molecule has 2 amide bonds. The maximum Gasteiger partial charge on any atom is 0.230 e. The molecule has 0 atom stereocenters. The van der Waals surface area contributed by atoms with Crippen molar-refractivity contribution in [3.05, 3.63) is 71.8 Å². The zero-order chi connectivity index (χ0) is 17.4. The van der Waals surface area contributed by atoms with E-state index in [0.717, 1.165) is 11.1 Å². The second kappa shape index (κ2) is 8.55. The van der Waals surface area contributed by atoms with Crippen molar-refractivity contribution < 1.29 is 9.59 Å². The Balaban J connectivity index is 2.11. The van der Waals surface area contributed by atoms with Gasteiger partial charge in [-0.15, -0.1) is 11.8 Å². The maximum absolute atomic E-state index is 12.0. The van der Waals surface area contributed by atoms with Crippen LogP contribution < -0.4 is 11.1 Å². The minimum atomic E-state index is -0.411. The lowest BCUT2D eigenvalue weighted by molar-refractivity contribution is -0.118. The lowest BCUT2D eigenvalue weighted by Gasteiger charge is -2.31. The van der Waals surface area contributed by atoms with Crippen LogP contribution in [0.4, 0.5) is 0 Å². The number of rotatable bonds is 8. The topological polar surface area (TPSA) is 72.2 Å². The molecule has 0 aromatic heterocycles. The molecule has 24 heavy (non-hydrogen) atoms. The molecule has 0 bridgehead atoms. The van der Waals surface area contributed by atoms with Crippen molar-refractivity contribution in [2.75, 3.05) is 18.1 Å². The average molecular weight is 342 g/mol. The fourth-order valence-corrected chi connectivity index (χ4v) is 3.14. The standard InChI is InChI=1S/C19H22N2O2S/c1-19(15-8-4-2-5-9-15,16-10-6-3-7-11-16)14-21-18(23)13-24-12-17(20)22/h2-11H,12-14H2,1H3,(H2,20,22)(H,21,23). The Labute approximate surface area is 146 Å². The quantitative estimate of drug-likeness (QED) is 0.773. The normalized spacial score (nSPS) is 11.0. The molecule has 0 unspecified atom stereocenters. The van der Waals surface area contributed by atoms with Gasteiger partial charge in [-0.25, -0.2) is 0 Å². The van der Waals surface area contributed by atoms with E-state index in [1.54, 1.807) is 0 Å². The van der Waals surface area contributed by atoms with Gasteiger partial charge in [0.1, 0.15) is 0 Å². The number of amides is 2. The van der Waals surface area contributed by atoms with Gasteiger partial charge in [0.15, 0.2) is 0 Å². The second-order valence-corrected chi connectivity index (χ2v) is 6.79. The van der Waals surface area contributed by atoms with Crippen LogP contribution in [0.3, 0.4) is 0 Å². The van der Waals surface area contributed by atoms with Gasteiger partial charge in [0.05, 0.1) is 11.5 Å². The minimum absolute atomic E-state index is 0.0978. The number of carbonyl (C=O) groups excluding carboxylic acids is 2. The van der Waals surface area contributed by atoms with Crippen molar-refractivity contribution in [1.82, 2.24) is 5.32 Å². The van der Waals surface area contributed by atoms with Gasteiger partial charge in [-0.1, -0.05) is 60.7 Å². The molecule has 2 aromatic carbocycles. The molecule has 0 aliphatic carbocycles. The number of benzene rings is 2. The van der Waals surface area contributed by atoms with Crippen molar-refractivity contribution in [2.45, 2.75) is 12.3 Å². The predicted octanol–water partition coefficient (Wildman–Crippen LogP) is 2.33. The third-order valence-electron chi connectivity index (χ3n) is 3.94. The third kappa shape index (κ3) is 4.86. The van der Waals surface area contributed by atoms with Crippen LogP contribution in [0.1, 0.15) is 18.1 Å². The van der Waals surface area contributed by atoms with Gasteiger partial charge in [0.2, 0.25) is 11.8 Å². The fourth-order valence-electron chi connectivity index (χ4n) is 2.55.